The minimum Gasteiger partial charge on any atom is -0.494 e. The van der Waals surface area contributed by atoms with E-state index < -0.39 is 10.8 Å². The van der Waals surface area contributed by atoms with Crippen LogP contribution in [0.25, 0.3) is 16.7 Å². The zero-order valence-corrected chi connectivity index (χ0v) is 19.5. The van der Waals surface area contributed by atoms with Gasteiger partial charge in [-0.1, -0.05) is 24.3 Å². The van der Waals surface area contributed by atoms with Gasteiger partial charge in [0.2, 0.25) is 0 Å². The molecule has 1 atom stereocenters. The van der Waals surface area contributed by atoms with Gasteiger partial charge in [-0.05, 0) is 29.8 Å². The first-order valence-corrected chi connectivity index (χ1v) is 12.1. The maximum absolute atomic E-state index is 12.1. The number of fused-ring (bicyclic) bond motifs is 1. The molecule has 174 valence electrons. The number of benzene rings is 2. The molecular formula is C23H23N7O3S. The Bertz CT molecular complexity index is 1350. The molecule has 4 rings (SSSR count). The average molecular weight is 478 g/mol. The molecule has 0 aliphatic heterocycles. The van der Waals surface area contributed by atoms with E-state index in [0.717, 1.165) is 11.3 Å². The van der Waals surface area contributed by atoms with Crippen LogP contribution in [0.4, 0.5) is 5.82 Å². The number of hydrogen-bond donors (Lipinski definition) is 2. The van der Waals surface area contributed by atoms with Gasteiger partial charge in [0.25, 0.3) is 5.91 Å². The summed E-state index contributed by atoms with van der Waals surface area (Å²) in [6.45, 7) is 0.371. The van der Waals surface area contributed by atoms with Gasteiger partial charge in [0.05, 0.1) is 24.9 Å². The third kappa shape index (κ3) is 5.26. The summed E-state index contributed by atoms with van der Waals surface area (Å²) >= 11 is 0. The van der Waals surface area contributed by atoms with Crippen molar-refractivity contribution in [1.82, 2.24) is 25.1 Å². The lowest BCUT2D eigenvalue weighted by atomic mass is 10.1. The number of amides is 1. The zero-order valence-electron chi connectivity index (χ0n) is 18.6. The fraction of sp³-hybridized carbons (Fsp3) is 0.174. The van der Waals surface area contributed by atoms with Crippen LogP contribution < -0.4 is 15.5 Å². The number of carbonyl (C=O) groups is 1. The predicted octanol–water partition coefficient (Wildman–Crippen LogP) is 2.38. The first-order chi connectivity index (χ1) is 16.6. The molecule has 4 aromatic rings. The van der Waals surface area contributed by atoms with Gasteiger partial charge in [-0.25, -0.2) is 14.6 Å². The summed E-state index contributed by atoms with van der Waals surface area (Å²) in [6, 6.07) is 14.5. The van der Waals surface area contributed by atoms with Crippen LogP contribution in [0, 0.1) is 0 Å². The maximum Gasteiger partial charge on any atom is 0.251 e. The molecule has 2 N–H and O–H groups in total. The molecule has 10 nitrogen and oxygen atoms in total. The molecule has 2 heterocycles. The smallest absolute Gasteiger partial charge is 0.251 e. The lowest BCUT2D eigenvalue weighted by Crippen LogP contribution is -2.27. The highest BCUT2D eigenvalue weighted by Crippen LogP contribution is 2.26. The number of hydrazone groups is 1. The molecule has 0 radical (unpaired) electrons. The molecule has 1 unspecified atom stereocenters. The Morgan fingerprint density at radius 1 is 1.18 bits per heavy atom. The first kappa shape index (κ1) is 23.1. The number of anilines is 1. The lowest BCUT2D eigenvalue weighted by Gasteiger charge is -2.08. The molecule has 11 heteroatoms. The summed E-state index contributed by atoms with van der Waals surface area (Å²) < 4.78 is 18.2. The van der Waals surface area contributed by atoms with E-state index in [9.17, 15) is 9.00 Å². The molecule has 2 aromatic carbocycles. The highest BCUT2D eigenvalue weighted by molar-refractivity contribution is 7.84. The Labute approximate surface area is 198 Å². The lowest BCUT2D eigenvalue weighted by molar-refractivity contribution is 0.0956. The van der Waals surface area contributed by atoms with E-state index in [0.29, 0.717) is 40.5 Å². The van der Waals surface area contributed by atoms with Crippen LogP contribution in [0.2, 0.25) is 0 Å². The fourth-order valence-electron chi connectivity index (χ4n) is 3.21. The number of aromatic nitrogens is 4. The van der Waals surface area contributed by atoms with Crippen LogP contribution in [0.15, 0.2) is 66.2 Å². The van der Waals surface area contributed by atoms with Crippen LogP contribution in [0.1, 0.15) is 15.9 Å². The minimum absolute atomic E-state index is 0.206. The second-order valence-electron chi connectivity index (χ2n) is 7.21. The third-order valence-corrected chi connectivity index (χ3v) is 5.69. The number of carbonyl (C=O) groups excluding carboxylic acids is 1. The molecule has 0 saturated carbocycles. The van der Waals surface area contributed by atoms with Gasteiger partial charge in [0.1, 0.15) is 17.8 Å². The van der Waals surface area contributed by atoms with Gasteiger partial charge < -0.3 is 10.1 Å². The largest absolute Gasteiger partial charge is 0.494 e. The summed E-state index contributed by atoms with van der Waals surface area (Å²) in [5.41, 5.74) is 5.63. The number of hydrogen-bond acceptors (Lipinski definition) is 8. The number of rotatable bonds is 9. The molecule has 0 saturated heterocycles. The molecule has 0 aliphatic carbocycles. The van der Waals surface area contributed by atoms with Gasteiger partial charge in [0, 0.05) is 34.9 Å². The van der Waals surface area contributed by atoms with Crippen molar-refractivity contribution in [1.29, 1.82) is 0 Å². The Balaban J connectivity index is 1.46. The van der Waals surface area contributed by atoms with E-state index in [1.165, 1.54) is 6.33 Å². The Hall–Kier alpha value is -4.12. The van der Waals surface area contributed by atoms with Gasteiger partial charge in [-0.2, -0.15) is 10.2 Å². The molecular weight excluding hydrogens is 454 g/mol. The van der Waals surface area contributed by atoms with Crippen LogP contribution in [0.5, 0.6) is 5.75 Å². The first-order valence-electron chi connectivity index (χ1n) is 10.4. The van der Waals surface area contributed by atoms with Gasteiger partial charge >= 0.3 is 0 Å². The van der Waals surface area contributed by atoms with E-state index in [2.05, 4.69) is 30.9 Å². The zero-order chi connectivity index (χ0) is 23.9. The van der Waals surface area contributed by atoms with E-state index in [4.69, 9.17) is 4.74 Å². The number of para-hydroxylation sites is 2. The summed E-state index contributed by atoms with van der Waals surface area (Å²) in [4.78, 5) is 20.8. The molecule has 0 aliphatic rings. The van der Waals surface area contributed by atoms with E-state index in [1.54, 1.807) is 54.7 Å². The molecule has 2 aromatic heterocycles. The van der Waals surface area contributed by atoms with Crippen molar-refractivity contribution in [3.05, 3.63) is 72.2 Å². The van der Waals surface area contributed by atoms with E-state index >= 15 is 0 Å². The van der Waals surface area contributed by atoms with Gasteiger partial charge in [0.15, 0.2) is 11.5 Å². The standard InChI is InChI=1S/C23H23N7O3S/c1-33-20-6-4-3-5-19(20)30-22-18(14-28-30)21(25-15-26-22)29-27-13-16-7-9-17(10-8-16)23(31)24-11-12-34(2)32/h3-10,13-15H,11-12H2,1-2H3,(H,24,31)(H,25,26,29). The second kappa shape index (κ2) is 10.7. The molecule has 0 spiro atoms. The Morgan fingerprint density at radius 2 is 1.97 bits per heavy atom. The summed E-state index contributed by atoms with van der Waals surface area (Å²) in [5, 5.41) is 12.1. The maximum atomic E-state index is 12.1. The average Bonchev–Trinajstić information content (AvgIpc) is 3.29. The summed E-state index contributed by atoms with van der Waals surface area (Å²) in [6.07, 6.45) is 6.34. The third-order valence-electron chi connectivity index (χ3n) is 4.91. The predicted molar refractivity (Wildman–Crippen MR) is 132 cm³/mol. The SMILES string of the molecule is COc1ccccc1-n1ncc2c(NN=Cc3ccc(C(=O)NCCS(C)=O)cc3)ncnc21. The topological polar surface area (TPSA) is 123 Å². The number of methoxy groups -OCH3 is 1. The van der Waals surface area contributed by atoms with Crippen LogP contribution in [-0.4, -0.2) is 61.7 Å². The quantitative estimate of drug-likeness (QED) is 0.280. The van der Waals surface area contributed by atoms with Crippen molar-refractivity contribution in [3.63, 3.8) is 0 Å². The minimum atomic E-state index is -0.940. The van der Waals surface area contributed by atoms with Crippen molar-refractivity contribution in [2.45, 2.75) is 0 Å². The van der Waals surface area contributed by atoms with E-state index in [1.807, 2.05) is 24.3 Å². The Kier molecular flexibility index (Phi) is 7.23. The highest BCUT2D eigenvalue weighted by Gasteiger charge is 2.13. The molecule has 1 amide bonds. The number of nitrogens with zero attached hydrogens (tertiary/aromatic N) is 5. The van der Waals surface area contributed by atoms with Crippen LogP contribution in [0.3, 0.4) is 0 Å². The van der Waals surface area contributed by atoms with Crippen molar-refractivity contribution in [2.75, 3.05) is 31.1 Å². The summed E-state index contributed by atoms with van der Waals surface area (Å²) in [5.74, 6) is 1.40. The van der Waals surface area contributed by atoms with Crippen molar-refractivity contribution < 1.29 is 13.7 Å². The normalized spacial score (nSPS) is 12.1. The van der Waals surface area contributed by atoms with Gasteiger partial charge in [-0.3, -0.25) is 14.4 Å². The van der Waals surface area contributed by atoms with Crippen molar-refractivity contribution in [2.24, 2.45) is 5.10 Å². The number of ether oxygens (including phenoxy) is 1. The second-order valence-corrected chi connectivity index (χ2v) is 8.77. The van der Waals surface area contributed by atoms with Gasteiger partial charge in [-0.15, -0.1) is 0 Å². The fourth-order valence-corrected chi connectivity index (χ4v) is 3.60. The molecule has 34 heavy (non-hydrogen) atoms. The Morgan fingerprint density at radius 3 is 2.74 bits per heavy atom. The monoisotopic (exact) mass is 477 g/mol. The van der Waals surface area contributed by atoms with E-state index in [-0.39, 0.29) is 5.91 Å². The summed E-state index contributed by atoms with van der Waals surface area (Å²) in [7, 11) is 0.667. The van der Waals surface area contributed by atoms with Crippen LogP contribution in [-0.2, 0) is 10.8 Å². The highest BCUT2D eigenvalue weighted by atomic mass is 32.2. The molecule has 0 bridgehead atoms. The van der Waals surface area contributed by atoms with Crippen LogP contribution >= 0.6 is 0 Å². The molecule has 0 fully saturated rings. The van der Waals surface area contributed by atoms with Crippen molar-refractivity contribution in [3.8, 4) is 11.4 Å². The van der Waals surface area contributed by atoms with Crippen molar-refractivity contribution >= 4 is 39.8 Å². The number of nitrogens with one attached hydrogen (secondary N) is 2.